The van der Waals surface area contributed by atoms with Crippen LogP contribution in [0.1, 0.15) is 5.56 Å². The molecular weight excluding hydrogens is 969 g/mol. The molecule has 0 unspecified atom stereocenters. The van der Waals surface area contributed by atoms with E-state index < -0.39 is 0 Å². The molecule has 0 aliphatic rings. The van der Waals surface area contributed by atoms with E-state index in [9.17, 15) is 11.8 Å². The molecule has 0 radical (unpaired) electrons. The van der Waals surface area contributed by atoms with Gasteiger partial charge in [0.1, 0.15) is 6.07 Å². The van der Waals surface area contributed by atoms with E-state index in [1.165, 1.54) is 35.6 Å². The van der Waals surface area contributed by atoms with Crippen LogP contribution in [0.15, 0.2) is 218 Å². The molecule has 75 heavy (non-hydrogen) atoms. The van der Waals surface area contributed by atoms with Crippen molar-refractivity contribution in [2.24, 2.45) is 0 Å². The fourth-order valence-electron chi connectivity index (χ4n) is 12.2. The van der Waals surface area contributed by atoms with Gasteiger partial charge >= 0.3 is 0 Å². The second-order valence-electron chi connectivity index (χ2n) is 19.2. The molecule has 11 aromatic carbocycles. The number of thiophene rings is 3. The molecule has 16 aromatic rings. The maximum absolute atomic E-state index is 12.5. The Morgan fingerprint density at radius 3 is 1.24 bits per heavy atom. The van der Waals surface area contributed by atoms with E-state index in [4.69, 9.17) is 4.85 Å². The van der Waals surface area contributed by atoms with Crippen LogP contribution in [0.2, 0.25) is 0 Å². The van der Waals surface area contributed by atoms with Crippen LogP contribution in [-0.2, 0) is 0 Å². The van der Waals surface area contributed by atoms with Crippen molar-refractivity contribution in [3.63, 3.8) is 0 Å². The van der Waals surface area contributed by atoms with Gasteiger partial charge in [-0.25, -0.2) is 4.85 Å². The van der Waals surface area contributed by atoms with E-state index in [-0.39, 0.29) is 0 Å². The summed E-state index contributed by atoms with van der Waals surface area (Å²) >= 11 is 5.36. The van der Waals surface area contributed by atoms with Gasteiger partial charge < -0.3 is 9.13 Å². The number of nitrogens with zero attached hydrogens (tertiary/aromatic N) is 4. The lowest BCUT2D eigenvalue weighted by Crippen LogP contribution is -2.08. The van der Waals surface area contributed by atoms with Gasteiger partial charge in [-0.15, -0.1) is 34.0 Å². The Balaban J connectivity index is 1.19. The summed E-state index contributed by atoms with van der Waals surface area (Å²) in [6.07, 6.45) is 0. The van der Waals surface area contributed by atoms with Gasteiger partial charge in [0.15, 0.2) is 0 Å². The summed E-state index contributed by atoms with van der Waals surface area (Å²) < 4.78 is 11.7. The summed E-state index contributed by atoms with van der Waals surface area (Å²) in [5.74, 6) is 0. The van der Waals surface area contributed by atoms with Gasteiger partial charge in [-0.3, -0.25) is 0 Å². The minimum Gasteiger partial charge on any atom is -0.315 e. The quantitative estimate of drug-likeness (QED) is 0.158. The summed E-state index contributed by atoms with van der Waals surface area (Å²) in [4.78, 5) is 4.77. The van der Waals surface area contributed by atoms with E-state index in [0.717, 1.165) is 108 Å². The van der Waals surface area contributed by atoms with Gasteiger partial charge in [0.25, 0.3) is 0 Å². The minimum atomic E-state index is 0.417. The minimum absolute atomic E-state index is 0.417. The Kier molecular flexibility index (Phi) is 9.05. The lowest BCUT2D eigenvalue weighted by molar-refractivity contribution is 1.15. The number of hydrogen-bond acceptors (Lipinski definition) is 4. The SMILES string of the molecule is [C-]#[N+]c1c(-c2ccccc2)c(-n2c3cc(-c4ccccc4)ccc3c3ccc4c5ccccc5sc4c32)c(-c2ccccc2)c(C#N)c1-n1c2c(ccc3c4ccccc4sc32)c2ccc3c4ccccc4sc3c21. The van der Waals surface area contributed by atoms with Crippen molar-refractivity contribution < 1.29 is 0 Å². The first-order valence-corrected chi connectivity index (χ1v) is 27.4. The molecule has 0 atom stereocenters. The van der Waals surface area contributed by atoms with Crippen molar-refractivity contribution in [2.75, 3.05) is 0 Å². The molecule has 0 spiro atoms. The molecule has 0 fully saturated rings. The summed E-state index contributed by atoms with van der Waals surface area (Å²) in [5.41, 5.74) is 11.8. The van der Waals surface area contributed by atoms with Gasteiger partial charge in [0.2, 0.25) is 5.69 Å². The van der Waals surface area contributed by atoms with Crippen LogP contribution in [0, 0.1) is 17.9 Å². The first kappa shape index (κ1) is 42.2. The molecule has 0 aliphatic heterocycles. The summed E-state index contributed by atoms with van der Waals surface area (Å²) in [7, 11) is 0. The van der Waals surface area contributed by atoms with Gasteiger partial charge in [-0.2, -0.15) is 5.26 Å². The zero-order valence-electron chi connectivity index (χ0n) is 39.8. The molecule has 0 bridgehead atoms. The van der Waals surface area contributed by atoms with Crippen molar-refractivity contribution in [3.8, 4) is 50.8 Å². The zero-order chi connectivity index (χ0) is 49.5. The van der Waals surface area contributed by atoms with Crippen molar-refractivity contribution in [2.45, 2.75) is 0 Å². The van der Waals surface area contributed by atoms with Gasteiger partial charge in [-0.1, -0.05) is 194 Å². The van der Waals surface area contributed by atoms with Crippen LogP contribution in [-0.4, -0.2) is 9.13 Å². The van der Waals surface area contributed by atoms with Crippen LogP contribution >= 0.6 is 34.0 Å². The molecule has 0 N–H and O–H groups in total. The molecule has 0 amide bonds. The molecule has 7 heteroatoms. The normalized spacial score (nSPS) is 12.0. The Bertz CT molecular complexity index is 4990. The highest BCUT2D eigenvalue weighted by Crippen LogP contribution is 2.56. The molecule has 0 saturated carbocycles. The topological polar surface area (TPSA) is 38.0 Å². The Morgan fingerprint density at radius 2 is 0.760 bits per heavy atom. The van der Waals surface area contributed by atoms with E-state index in [2.05, 4.69) is 221 Å². The number of hydrogen-bond donors (Lipinski definition) is 0. The predicted molar refractivity (Wildman–Crippen MR) is 321 cm³/mol. The fraction of sp³-hybridized carbons (Fsp3) is 0. The van der Waals surface area contributed by atoms with Gasteiger partial charge in [-0.05, 0) is 46.5 Å². The number of fused-ring (bicyclic) bond motifs is 18. The van der Waals surface area contributed by atoms with E-state index in [0.29, 0.717) is 16.9 Å². The van der Waals surface area contributed by atoms with Crippen LogP contribution in [0.4, 0.5) is 5.69 Å². The molecule has 4 nitrogen and oxygen atoms in total. The molecule has 5 heterocycles. The highest BCUT2D eigenvalue weighted by atomic mass is 32.1. The second-order valence-corrected chi connectivity index (χ2v) is 22.4. The smallest absolute Gasteiger partial charge is 0.221 e. The van der Waals surface area contributed by atoms with Crippen molar-refractivity contribution in [1.29, 1.82) is 5.26 Å². The maximum atomic E-state index is 12.5. The predicted octanol–water partition coefficient (Wildman–Crippen LogP) is 20.4. The average molecular weight is 1010 g/mol. The first-order chi connectivity index (χ1) is 37.2. The summed E-state index contributed by atoms with van der Waals surface area (Å²) in [6, 6.07) is 80.7. The monoisotopic (exact) mass is 1000 g/mol. The first-order valence-electron chi connectivity index (χ1n) is 24.9. The summed E-state index contributed by atoms with van der Waals surface area (Å²) in [5, 5.41) is 23.9. The van der Waals surface area contributed by atoms with E-state index in [1.807, 2.05) is 12.1 Å². The standard InChI is InChI=1S/C68H36N4S3/c1-70-60-59(41-21-9-4-10-22-41)65(71-54-37-42(39-17-5-2-6-18-39)29-30-43(54)47-31-34-50-44-23-11-14-26-55(44)73-66(50)62(47)71)58(40-19-7-3-8-20-40)53(38-69)61(60)72-63-48(32-35-51-45-24-12-15-27-56(45)74-67(51)63)49-33-36-52-46-25-13-16-28-57(46)75-68(52)64(49)72/h2-37H. The van der Waals surface area contributed by atoms with Crippen molar-refractivity contribution in [1.82, 2.24) is 9.13 Å². The van der Waals surface area contributed by atoms with E-state index in [1.54, 1.807) is 34.0 Å². The largest absolute Gasteiger partial charge is 0.315 e. The zero-order valence-corrected chi connectivity index (χ0v) is 42.2. The Labute approximate surface area is 441 Å². The lowest BCUT2D eigenvalue weighted by atomic mass is 9.88. The van der Waals surface area contributed by atoms with Gasteiger partial charge in [0.05, 0.1) is 59.7 Å². The van der Waals surface area contributed by atoms with Crippen LogP contribution in [0.25, 0.3) is 154 Å². The van der Waals surface area contributed by atoms with E-state index >= 15 is 0 Å². The fourth-order valence-corrected chi connectivity index (χ4v) is 15.9. The molecule has 346 valence electrons. The average Bonchev–Trinajstić information content (AvgIpc) is 4.29. The Hall–Kier alpha value is -9.34. The molecule has 16 rings (SSSR count). The lowest BCUT2D eigenvalue weighted by Gasteiger charge is -2.26. The molecule has 5 aromatic heterocycles. The van der Waals surface area contributed by atoms with Crippen molar-refractivity contribution in [3.05, 3.63) is 235 Å². The highest BCUT2D eigenvalue weighted by Gasteiger charge is 2.33. The third-order valence-corrected chi connectivity index (χ3v) is 19.0. The number of benzene rings is 11. The van der Waals surface area contributed by atoms with Crippen LogP contribution in [0.3, 0.4) is 0 Å². The molecule has 0 aliphatic carbocycles. The number of rotatable bonds is 5. The Morgan fingerprint density at radius 1 is 0.360 bits per heavy atom. The summed E-state index contributed by atoms with van der Waals surface area (Å²) in [6.45, 7) is 9.74. The van der Waals surface area contributed by atoms with Crippen LogP contribution in [0.5, 0.6) is 0 Å². The highest BCUT2D eigenvalue weighted by molar-refractivity contribution is 7.27. The second kappa shape index (κ2) is 16.1. The third-order valence-electron chi connectivity index (χ3n) is 15.4. The number of nitriles is 1. The molecular formula is C68H36N4S3. The van der Waals surface area contributed by atoms with Crippen LogP contribution < -0.4 is 0 Å². The third kappa shape index (κ3) is 5.89. The van der Waals surface area contributed by atoms with Gasteiger partial charge in [0, 0.05) is 79.1 Å². The van der Waals surface area contributed by atoms with Crippen molar-refractivity contribution >= 4 is 144 Å². The maximum Gasteiger partial charge on any atom is 0.221 e. The molecule has 0 saturated heterocycles. The number of aromatic nitrogens is 2.